The second-order valence-corrected chi connectivity index (χ2v) is 8.75. The molecule has 1 aromatic heterocycles. The van der Waals surface area contributed by atoms with Gasteiger partial charge in [-0.05, 0) is 31.0 Å². The van der Waals surface area contributed by atoms with Gasteiger partial charge >= 0.3 is 6.18 Å². The highest BCUT2D eigenvalue weighted by atomic mass is 35.5. The first-order chi connectivity index (χ1) is 12.1. The molecule has 5 nitrogen and oxygen atoms in total. The molecule has 0 saturated heterocycles. The fourth-order valence-electron chi connectivity index (χ4n) is 3.25. The molecule has 4 rings (SSSR count). The molecule has 26 heavy (non-hydrogen) atoms. The summed E-state index contributed by atoms with van der Waals surface area (Å²) in [6.45, 7) is 0. The van der Waals surface area contributed by atoms with E-state index in [2.05, 4.69) is 9.97 Å². The van der Waals surface area contributed by atoms with E-state index < -0.39 is 42.6 Å². The number of sulfone groups is 1. The standard InChI is InChI=1S/C16H10ClF3N2O3S/c17-8-1-2-10(16(18,19)20)9(7-8)13-12(23)11-14(22-6-5-21-11)15(3-4-15)26(13,24)25/h1-2,5-7,23H,3-4H2. The zero-order valence-electron chi connectivity index (χ0n) is 12.9. The lowest BCUT2D eigenvalue weighted by atomic mass is 10.0. The van der Waals surface area contributed by atoms with Crippen molar-refractivity contribution in [3.05, 3.63) is 58.1 Å². The van der Waals surface area contributed by atoms with Gasteiger partial charge in [0, 0.05) is 23.0 Å². The van der Waals surface area contributed by atoms with Gasteiger partial charge in [-0.3, -0.25) is 4.98 Å². The second kappa shape index (κ2) is 5.20. The molecule has 1 aromatic carbocycles. The number of nitrogens with zero attached hydrogens (tertiary/aromatic N) is 2. The maximum absolute atomic E-state index is 13.4. The SMILES string of the molecule is O=S1(=O)C(c2cc(Cl)ccc2C(F)(F)F)=C(O)c2nccnc2C12CC2. The average Bonchev–Trinajstić information content (AvgIpc) is 3.34. The van der Waals surface area contributed by atoms with Gasteiger partial charge in [-0.15, -0.1) is 0 Å². The molecule has 1 aliphatic carbocycles. The van der Waals surface area contributed by atoms with Crippen molar-refractivity contribution in [1.82, 2.24) is 9.97 Å². The number of halogens is 4. The minimum absolute atomic E-state index is 0.0665. The van der Waals surface area contributed by atoms with Gasteiger partial charge in [0.15, 0.2) is 15.6 Å². The van der Waals surface area contributed by atoms with Crippen molar-refractivity contribution in [2.75, 3.05) is 0 Å². The van der Waals surface area contributed by atoms with Gasteiger partial charge in [0.05, 0.1) is 11.3 Å². The Kier molecular flexibility index (Phi) is 3.46. The number of hydrogen-bond donors (Lipinski definition) is 1. The van der Waals surface area contributed by atoms with Crippen LogP contribution in [0.5, 0.6) is 0 Å². The fourth-order valence-corrected chi connectivity index (χ4v) is 5.66. The van der Waals surface area contributed by atoms with E-state index >= 15 is 0 Å². The number of aromatic nitrogens is 2. The van der Waals surface area contributed by atoms with E-state index in [0.717, 1.165) is 12.1 Å². The van der Waals surface area contributed by atoms with Crippen LogP contribution in [-0.2, 0) is 20.8 Å². The number of hydrogen-bond acceptors (Lipinski definition) is 5. The van der Waals surface area contributed by atoms with Gasteiger partial charge in [0.2, 0.25) is 0 Å². The predicted octanol–water partition coefficient (Wildman–Crippen LogP) is 3.95. The van der Waals surface area contributed by atoms with E-state index in [1.54, 1.807) is 0 Å². The summed E-state index contributed by atoms with van der Waals surface area (Å²) in [5, 5.41) is 10.5. The molecule has 0 radical (unpaired) electrons. The lowest BCUT2D eigenvalue weighted by Crippen LogP contribution is -2.30. The molecule has 2 aliphatic rings. The minimum atomic E-state index is -4.83. The molecule has 2 aromatic rings. The topological polar surface area (TPSA) is 80.2 Å². The summed E-state index contributed by atoms with van der Waals surface area (Å²) in [7, 11) is -4.34. The van der Waals surface area contributed by atoms with E-state index in [1.807, 2.05) is 0 Å². The Balaban J connectivity index is 2.12. The molecule has 136 valence electrons. The second-order valence-electron chi connectivity index (χ2n) is 6.12. The van der Waals surface area contributed by atoms with Crippen LogP contribution in [0.2, 0.25) is 5.02 Å². The molecular weight excluding hydrogens is 393 g/mol. The van der Waals surface area contributed by atoms with Crippen molar-refractivity contribution >= 4 is 32.1 Å². The molecule has 0 unspecified atom stereocenters. The molecule has 1 fully saturated rings. The summed E-state index contributed by atoms with van der Waals surface area (Å²) in [5.41, 5.74) is -1.94. The van der Waals surface area contributed by atoms with Crippen molar-refractivity contribution in [3.63, 3.8) is 0 Å². The highest BCUT2D eigenvalue weighted by Crippen LogP contribution is 2.61. The van der Waals surface area contributed by atoms with E-state index in [9.17, 15) is 26.7 Å². The average molecular weight is 403 g/mol. The number of rotatable bonds is 1. The number of aliphatic hydroxyl groups is 1. The molecule has 0 bridgehead atoms. The van der Waals surface area contributed by atoms with Gasteiger partial charge in [0.1, 0.15) is 15.3 Å². The normalized spacial score (nSPS) is 20.2. The van der Waals surface area contributed by atoms with Crippen LogP contribution in [0.25, 0.3) is 10.7 Å². The zero-order chi connectivity index (χ0) is 18.9. The Labute approximate surface area is 151 Å². The van der Waals surface area contributed by atoms with Crippen molar-refractivity contribution in [2.24, 2.45) is 0 Å². The zero-order valence-corrected chi connectivity index (χ0v) is 14.5. The Morgan fingerprint density at radius 3 is 2.42 bits per heavy atom. The number of alkyl halides is 3. The third-order valence-corrected chi connectivity index (χ3v) is 7.40. The van der Waals surface area contributed by atoms with Crippen LogP contribution in [0, 0.1) is 0 Å². The van der Waals surface area contributed by atoms with Crippen molar-refractivity contribution in [2.45, 2.75) is 23.8 Å². The van der Waals surface area contributed by atoms with Crippen molar-refractivity contribution in [1.29, 1.82) is 0 Å². The highest BCUT2D eigenvalue weighted by Gasteiger charge is 2.63. The van der Waals surface area contributed by atoms with Gasteiger partial charge in [-0.25, -0.2) is 13.4 Å². The van der Waals surface area contributed by atoms with E-state index in [0.29, 0.717) is 6.07 Å². The van der Waals surface area contributed by atoms with Gasteiger partial charge in [-0.1, -0.05) is 11.6 Å². The fraction of sp³-hybridized carbons (Fsp3) is 0.250. The number of fused-ring (bicyclic) bond motifs is 2. The molecule has 1 saturated carbocycles. The van der Waals surface area contributed by atoms with Crippen LogP contribution in [0.4, 0.5) is 13.2 Å². The largest absolute Gasteiger partial charge is 0.504 e. The molecule has 1 aliphatic heterocycles. The Morgan fingerprint density at radius 1 is 1.15 bits per heavy atom. The van der Waals surface area contributed by atoms with E-state index in [1.165, 1.54) is 12.4 Å². The first-order valence-electron chi connectivity index (χ1n) is 7.46. The predicted molar refractivity (Wildman–Crippen MR) is 87.8 cm³/mol. The van der Waals surface area contributed by atoms with Crippen LogP contribution in [-0.4, -0.2) is 23.5 Å². The third kappa shape index (κ3) is 2.20. The van der Waals surface area contributed by atoms with Crippen molar-refractivity contribution < 1.29 is 26.7 Å². The summed E-state index contributed by atoms with van der Waals surface area (Å²) in [6.07, 6.45) is -1.92. The Hall–Kier alpha value is -2.13. The number of benzene rings is 1. The van der Waals surface area contributed by atoms with Crippen LogP contribution in [0.1, 0.15) is 35.4 Å². The Bertz CT molecular complexity index is 1080. The molecular formula is C16H10ClF3N2O3S. The minimum Gasteiger partial charge on any atom is -0.504 e. The van der Waals surface area contributed by atoms with Crippen molar-refractivity contribution in [3.8, 4) is 0 Å². The molecule has 1 N–H and O–H groups in total. The molecule has 10 heteroatoms. The van der Waals surface area contributed by atoms with Crippen LogP contribution >= 0.6 is 11.6 Å². The number of aliphatic hydroxyl groups excluding tert-OH is 1. The molecule has 0 atom stereocenters. The molecule has 1 spiro atoms. The maximum Gasteiger partial charge on any atom is 0.417 e. The molecule has 0 amide bonds. The monoisotopic (exact) mass is 402 g/mol. The summed E-state index contributed by atoms with van der Waals surface area (Å²) in [4.78, 5) is 7.15. The lowest BCUT2D eigenvalue weighted by molar-refractivity contribution is -0.137. The van der Waals surface area contributed by atoms with Crippen LogP contribution < -0.4 is 0 Å². The van der Waals surface area contributed by atoms with Gasteiger partial charge in [-0.2, -0.15) is 13.2 Å². The third-order valence-electron chi connectivity index (χ3n) is 4.59. The van der Waals surface area contributed by atoms with Gasteiger partial charge < -0.3 is 5.11 Å². The molecule has 2 heterocycles. The van der Waals surface area contributed by atoms with E-state index in [-0.39, 0.29) is 29.3 Å². The van der Waals surface area contributed by atoms with Crippen LogP contribution in [0.3, 0.4) is 0 Å². The highest BCUT2D eigenvalue weighted by molar-refractivity contribution is 8.02. The van der Waals surface area contributed by atoms with Crippen LogP contribution in [0.15, 0.2) is 30.6 Å². The summed E-state index contributed by atoms with van der Waals surface area (Å²) < 4.78 is 65.2. The quantitative estimate of drug-likeness (QED) is 0.781. The maximum atomic E-state index is 13.4. The summed E-state index contributed by atoms with van der Waals surface area (Å²) >= 11 is 5.82. The smallest absolute Gasteiger partial charge is 0.417 e. The Morgan fingerprint density at radius 2 is 1.81 bits per heavy atom. The summed E-state index contributed by atoms with van der Waals surface area (Å²) in [5.74, 6) is -0.849. The lowest BCUT2D eigenvalue weighted by Gasteiger charge is -2.27. The van der Waals surface area contributed by atoms with Gasteiger partial charge in [0.25, 0.3) is 0 Å². The van der Waals surface area contributed by atoms with E-state index in [4.69, 9.17) is 11.6 Å². The first-order valence-corrected chi connectivity index (χ1v) is 9.32. The first kappa shape index (κ1) is 17.3. The summed E-state index contributed by atoms with van der Waals surface area (Å²) in [6, 6.07) is 2.60.